The molecule has 0 radical (unpaired) electrons. The molecule has 0 saturated heterocycles. The van der Waals surface area contributed by atoms with Crippen LogP contribution in [0, 0.1) is 0 Å². The van der Waals surface area contributed by atoms with Crippen molar-refractivity contribution < 1.29 is 0 Å². The summed E-state index contributed by atoms with van der Waals surface area (Å²) in [6.07, 6.45) is 0. The number of nitrogens with zero attached hydrogens (tertiary/aromatic N) is 3. The van der Waals surface area contributed by atoms with E-state index in [4.69, 9.17) is 9.97 Å². The van der Waals surface area contributed by atoms with Crippen molar-refractivity contribution in [1.82, 2.24) is 14.4 Å². The molecule has 0 amide bonds. The number of hydrogen-bond acceptors (Lipinski definition) is 2. The lowest BCUT2D eigenvalue weighted by Gasteiger charge is -2.16. The fourth-order valence-corrected chi connectivity index (χ4v) is 5.52. The molecule has 2 heterocycles. The Morgan fingerprint density at radius 3 is 1.75 bits per heavy atom. The van der Waals surface area contributed by atoms with Crippen LogP contribution in [0.5, 0.6) is 0 Å². The van der Waals surface area contributed by atoms with E-state index in [1.54, 1.807) is 0 Å². The number of benzene rings is 5. The highest BCUT2D eigenvalue weighted by atomic mass is 79.9. The first-order valence-electron chi connectivity index (χ1n) is 10.6. The maximum atomic E-state index is 5.23. The molecule has 7 aromatic rings. The minimum Gasteiger partial charge on any atom is -0.276 e. The van der Waals surface area contributed by atoms with Gasteiger partial charge < -0.3 is 0 Å². The second-order valence-electron chi connectivity index (χ2n) is 7.99. The third kappa shape index (κ3) is 2.36. The van der Waals surface area contributed by atoms with Crippen LogP contribution in [0.1, 0.15) is 0 Å². The lowest BCUT2D eigenvalue weighted by atomic mass is 9.96. The van der Waals surface area contributed by atoms with Gasteiger partial charge in [0, 0.05) is 15.4 Å². The summed E-state index contributed by atoms with van der Waals surface area (Å²) in [5.74, 6) is 0.910. The third-order valence-electron chi connectivity index (χ3n) is 6.23. The standard InChI is InChI=1S/C28H16BrN3/c29-26-19-11-3-1-9-17(19)25(18-10-2-4-12-20(18)26)28-30-22-14-6-5-13-21(22)27-31-23-15-7-8-16-24(23)32(27)28/h1-16H. The van der Waals surface area contributed by atoms with Crippen LogP contribution in [0.2, 0.25) is 0 Å². The molecule has 3 nitrogen and oxygen atoms in total. The van der Waals surface area contributed by atoms with Gasteiger partial charge in [0.2, 0.25) is 0 Å². The van der Waals surface area contributed by atoms with Gasteiger partial charge in [-0.1, -0.05) is 72.8 Å². The number of halogens is 1. The molecule has 2 aromatic heterocycles. The van der Waals surface area contributed by atoms with Crippen molar-refractivity contribution in [1.29, 1.82) is 0 Å². The van der Waals surface area contributed by atoms with Gasteiger partial charge in [0.15, 0.2) is 0 Å². The van der Waals surface area contributed by atoms with E-state index in [9.17, 15) is 0 Å². The molecule has 0 spiro atoms. The van der Waals surface area contributed by atoms with E-state index in [1.165, 1.54) is 21.5 Å². The van der Waals surface area contributed by atoms with Crippen molar-refractivity contribution in [3.8, 4) is 11.4 Å². The van der Waals surface area contributed by atoms with Gasteiger partial charge in [0.05, 0.1) is 16.6 Å². The summed E-state index contributed by atoms with van der Waals surface area (Å²) in [5.41, 5.74) is 5.03. The third-order valence-corrected chi connectivity index (χ3v) is 7.09. The van der Waals surface area contributed by atoms with Gasteiger partial charge in [-0.25, -0.2) is 9.97 Å². The summed E-state index contributed by atoms with van der Waals surface area (Å²) in [5, 5.41) is 5.74. The molecule has 32 heavy (non-hydrogen) atoms. The molecule has 4 heteroatoms. The van der Waals surface area contributed by atoms with E-state index in [0.29, 0.717) is 0 Å². The Kier molecular flexibility index (Phi) is 3.70. The molecule has 0 aliphatic heterocycles. The fourth-order valence-electron chi connectivity index (χ4n) is 4.83. The van der Waals surface area contributed by atoms with Crippen LogP contribution in [0.25, 0.3) is 60.5 Å². The lowest BCUT2D eigenvalue weighted by molar-refractivity contribution is 1.17. The van der Waals surface area contributed by atoms with Gasteiger partial charge >= 0.3 is 0 Å². The maximum Gasteiger partial charge on any atom is 0.149 e. The zero-order valence-corrected chi connectivity index (χ0v) is 18.5. The van der Waals surface area contributed by atoms with Crippen molar-refractivity contribution in [2.24, 2.45) is 0 Å². The van der Waals surface area contributed by atoms with E-state index in [1.807, 2.05) is 18.2 Å². The smallest absolute Gasteiger partial charge is 0.149 e. The van der Waals surface area contributed by atoms with Crippen molar-refractivity contribution in [2.75, 3.05) is 0 Å². The van der Waals surface area contributed by atoms with E-state index >= 15 is 0 Å². The molecular weight excluding hydrogens is 458 g/mol. The van der Waals surface area contributed by atoms with Crippen molar-refractivity contribution in [2.45, 2.75) is 0 Å². The number of fused-ring (bicyclic) bond motifs is 7. The predicted octanol–water partition coefficient (Wildman–Crippen LogP) is 7.77. The van der Waals surface area contributed by atoms with Gasteiger partial charge in [-0.05, 0) is 61.7 Å². The van der Waals surface area contributed by atoms with Crippen LogP contribution in [0.15, 0.2) is 102 Å². The minimum absolute atomic E-state index is 0.910. The number of aromatic nitrogens is 3. The molecular formula is C28H16BrN3. The second kappa shape index (κ2) is 6.62. The first-order chi connectivity index (χ1) is 15.8. The van der Waals surface area contributed by atoms with E-state index in [-0.39, 0.29) is 0 Å². The first-order valence-corrected chi connectivity index (χ1v) is 11.4. The highest BCUT2D eigenvalue weighted by Gasteiger charge is 2.20. The summed E-state index contributed by atoms with van der Waals surface area (Å²) in [7, 11) is 0. The highest BCUT2D eigenvalue weighted by Crippen LogP contribution is 2.42. The quantitative estimate of drug-likeness (QED) is 0.228. The van der Waals surface area contributed by atoms with Crippen LogP contribution in [0.3, 0.4) is 0 Å². The van der Waals surface area contributed by atoms with Crippen LogP contribution in [-0.4, -0.2) is 14.4 Å². The Balaban J connectivity index is 1.80. The van der Waals surface area contributed by atoms with Gasteiger partial charge in [-0.3, -0.25) is 4.40 Å². The van der Waals surface area contributed by atoms with Crippen molar-refractivity contribution >= 4 is 65.1 Å². The van der Waals surface area contributed by atoms with Gasteiger partial charge in [-0.2, -0.15) is 0 Å². The summed E-state index contributed by atoms with van der Waals surface area (Å²) < 4.78 is 3.33. The summed E-state index contributed by atoms with van der Waals surface area (Å²) >= 11 is 3.87. The predicted molar refractivity (Wildman–Crippen MR) is 136 cm³/mol. The largest absolute Gasteiger partial charge is 0.276 e. The zero-order valence-electron chi connectivity index (χ0n) is 17.0. The van der Waals surface area contributed by atoms with E-state index in [2.05, 4.69) is 99.2 Å². The molecule has 0 aliphatic rings. The van der Waals surface area contributed by atoms with E-state index in [0.717, 1.165) is 43.4 Å². The Bertz CT molecular complexity index is 1790. The summed E-state index contributed by atoms with van der Waals surface area (Å²) in [6.45, 7) is 0. The van der Waals surface area contributed by atoms with Gasteiger partial charge in [0.25, 0.3) is 0 Å². The summed E-state index contributed by atoms with van der Waals surface area (Å²) in [6, 6.07) is 33.6. The SMILES string of the molecule is Brc1c2ccccc2c(-c2nc3ccccc3c3nc4ccccc4n23)c2ccccc12. The number of para-hydroxylation sites is 3. The number of rotatable bonds is 1. The van der Waals surface area contributed by atoms with Crippen LogP contribution in [0.4, 0.5) is 0 Å². The Hall–Kier alpha value is -3.76. The average Bonchev–Trinajstić information content (AvgIpc) is 3.24. The zero-order chi connectivity index (χ0) is 21.2. The molecule has 150 valence electrons. The average molecular weight is 474 g/mol. The first kappa shape index (κ1) is 17.9. The molecule has 0 atom stereocenters. The normalized spacial score (nSPS) is 11.9. The van der Waals surface area contributed by atoms with Crippen molar-refractivity contribution in [3.63, 3.8) is 0 Å². The van der Waals surface area contributed by atoms with Crippen molar-refractivity contribution in [3.05, 3.63) is 102 Å². The Morgan fingerprint density at radius 1 is 0.531 bits per heavy atom. The van der Waals surface area contributed by atoms with Crippen LogP contribution in [-0.2, 0) is 0 Å². The maximum absolute atomic E-state index is 5.23. The number of imidazole rings is 1. The topological polar surface area (TPSA) is 30.2 Å². The van der Waals surface area contributed by atoms with E-state index < -0.39 is 0 Å². The molecule has 0 N–H and O–H groups in total. The molecule has 0 saturated carbocycles. The molecule has 0 fully saturated rings. The minimum atomic E-state index is 0.910. The van der Waals surface area contributed by atoms with Crippen LogP contribution >= 0.6 is 15.9 Å². The van der Waals surface area contributed by atoms with Crippen LogP contribution < -0.4 is 0 Å². The Labute approximate surface area is 192 Å². The highest BCUT2D eigenvalue weighted by molar-refractivity contribution is 9.10. The van der Waals surface area contributed by atoms with Gasteiger partial charge in [0.1, 0.15) is 11.5 Å². The molecule has 0 aliphatic carbocycles. The van der Waals surface area contributed by atoms with Gasteiger partial charge in [-0.15, -0.1) is 0 Å². The molecule has 5 aromatic carbocycles. The number of hydrogen-bond donors (Lipinski definition) is 0. The fraction of sp³-hybridized carbons (Fsp3) is 0. The second-order valence-corrected chi connectivity index (χ2v) is 8.79. The molecule has 0 bridgehead atoms. The Morgan fingerprint density at radius 2 is 1.06 bits per heavy atom. The molecule has 7 rings (SSSR count). The monoisotopic (exact) mass is 473 g/mol. The lowest BCUT2D eigenvalue weighted by Crippen LogP contribution is -2.00. The summed E-state index contributed by atoms with van der Waals surface area (Å²) in [4.78, 5) is 10.3. The molecule has 0 unspecified atom stereocenters.